The summed E-state index contributed by atoms with van der Waals surface area (Å²) < 4.78 is 2.26. The third-order valence-electron chi connectivity index (χ3n) is 4.76. The van der Waals surface area contributed by atoms with Crippen LogP contribution in [0, 0.1) is 0 Å². The van der Waals surface area contributed by atoms with Crippen LogP contribution in [0.2, 0.25) is 0 Å². The minimum atomic E-state index is 0.410. The van der Waals surface area contributed by atoms with E-state index in [0.29, 0.717) is 5.92 Å². The number of anilines is 1. The molecule has 0 spiro atoms. The van der Waals surface area contributed by atoms with E-state index < -0.39 is 0 Å². The topological polar surface area (TPSA) is 59.7 Å². The summed E-state index contributed by atoms with van der Waals surface area (Å²) in [6, 6.07) is 6.12. The first-order chi connectivity index (χ1) is 12.8. The number of rotatable bonds is 5. The molecule has 1 atom stereocenters. The van der Waals surface area contributed by atoms with Crippen molar-refractivity contribution in [2.45, 2.75) is 30.5 Å². The van der Waals surface area contributed by atoms with E-state index in [-0.39, 0.29) is 0 Å². The second-order valence-corrected chi connectivity index (χ2v) is 7.23. The van der Waals surface area contributed by atoms with Crippen molar-refractivity contribution in [3.8, 4) is 0 Å². The number of nitrogens with zero attached hydrogens (tertiary/aromatic N) is 6. The summed E-state index contributed by atoms with van der Waals surface area (Å²) in [5.74, 6) is 2.58. The van der Waals surface area contributed by atoms with Gasteiger partial charge in [0.05, 0.1) is 0 Å². The quantitative estimate of drug-likeness (QED) is 0.510. The van der Waals surface area contributed by atoms with E-state index in [1.165, 1.54) is 5.56 Å². The van der Waals surface area contributed by atoms with Gasteiger partial charge < -0.3 is 9.47 Å². The Hall–Kier alpha value is -2.41. The zero-order chi connectivity index (χ0) is 17.8. The van der Waals surface area contributed by atoms with Gasteiger partial charge in [0.2, 0.25) is 0 Å². The van der Waals surface area contributed by atoms with E-state index in [2.05, 4.69) is 47.7 Å². The first-order valence-electron chi connectivity index (χ1n) is 8.85. The van der Waals surface area contributed by atoms with Gasteiger partial charge in [0.15, 0.2) is 5.16 Å². The highest BCUT2D eigenvalue weighted by Crippen LogP contribution is 2.29. The fourth-order valence-corrected chi connectivity index (χ4v) is 3.85. The number of pyridine rings is 1. The summed E-state index contributed by atoms with van der Waals surface area (Å²) in [5, 5.41) is 0.823. The Morgan fingerprint density at radius 3 is 2.85 bits per heavy atom. The zero-order valence-electron chi connectivity index (χ0n) is 14.8. The number of piperidine rings is 1. The van der Waals surface area contributed by atoms with E-state index in [0.717, 1.165) is 49.3 Å². The van der Waals surface area contributed by atoms with Gasteiger partial charge in [-0.3, -0.25) is 4.98 Å². The minimum absolute atomic E-state index is 0.410. The molecular formula is C19H22N6S. The lowest BCUT2D eigenvalue weighted by molar-refractivity contribution is 0.473. The van der Waals surface area contributed by atoms with Crippen LogP contribution in [0.5, 0.6) is 0 Å². The maximum Gasteiger partial charge on any atom is 0.189 e. The van der Waals surface area contributed by atoms with Crippen LogP contribution in [0.15, 0.2) is 54.3 Å². The number of aromatic nitrogens is 5. The van der Waals surface area contributed by atoms with E-state index in [9.17, 15) is 0 Å². The molecule has 3 aromatic rings. The highest BCUT2D eigenvalue weighted by atomic mass is 32.2. The molecule has 0 radical (unpaired) electrons. The average molecular weight is 366 g/mol. The number of thioether (sulfide) groups is 1. The molecule has 0 aromatic carbocycles. The van der Waals surface area contributed by atoms with Crippen LogP contribution in [0.1, 0.15) is 30.1 Å². The number of hydrogen-bond donors (Lipinski definition) is 0. The lowest BCUT2D eigenvalue weighted by Gasteiger charge is -2.33. The molecule has 0 aliphatic carbocycles. The van der Waals surface area contributed by atoms with Crippen LogP contribution < -0.4 is 4.90 Å². The summed E-state index contributed by atoms with van der Waals surface area (Å²) in [5.41, 5.74) is 1.24. The standard InChI is InChI=1S/C19H22N6S/c1-26-19-22-9-6-17(23-19)24-11-2-3-16(14-24)18-21-10-12-25(18)13-15-4-7-20-8-5-15/h4-10,12,16H,2-3,11,13-14H2,1H3. The van der Waals surface area contributed by atoms with Gasteiger partial charge in [0, 0.05) is 56.5 Å². The summed E-state index contributed by atoms with van der Waals surface area (Å²) in [6.45, 7) is 2.81. The first kappa shape index (κ1) is 17.0. The Balaban J connectivity index is 1.52. The molecule has 134 valence electrons. The molecule has 0 saturated carbocycles. The highest BCUT2D eigenvalue weighted by Gasteiger charge is 2.25. The second kappa shape index (κ2) is 7.86. The maximum absolute atomic E-state index is 4.68. The summed E-state index contributed by atoms with van der Waals surface area (Å²) in [4.78, 5) is 20.1. The Morgan fingerprint density at radius 2 is 2.00 bits per heavy atom. The van der Waals surface area contributed by atoms with Crippen LogP contribution in [0.25, 0.3) is 0 Å². The Kier molecular flexibility index (Phi) is 5.15. The molecule has 0 bridgehead atoms. The fourth-order valence-electron chi connectivity index (χ4n) is 3.50. The lowest BCUT2D eigenvalue weighted by atomic mass is 9.97. The molecular weight excluding hydrogens is 344 g/mol. The maximum atomic E-state index is 4.68. The van der Waals surface area contributed by atoms with Gasteiger partial charge in [-0.05, 0) is 42.9 Å². The average Bonchev–Trinajstić information content (AvgIpc) is 3.17. The Bertz CT molecular complexity index is 850. The molecule has 1 aliphatic rings. The monoisotopic (exact) mass is 366 g/mol. The first-order valence-corrected chi connectivity index (χ1v) is 10.1. The lowest BCUT2D eigenvalue weighted by Crippen LogP contribution is -2.36. The van der Waals surface area contributed by atoms with Crippen LogP contribution in [-0.4, -0.2) is 43.8 Å². The molecule has 7 heteroatoms. The smallest absolute Gasteiger partial charge is 0.189 e. The van der Waals surface area contributed by atoms with Crippen molar-refractivity contribution < 1.29 is 0 Å². The summed E-state index contributed by atoms with van der Waals surface area (Å²) in [7, 11) is 0. The van der Waals surface area contributed by atoms with Crippen molar-refractivity contribution in [3.63, 3.8) is 0 Å². The molecule has 0 amide bonds. The number of hydrogen-bond acceptors (Lipinski definition) is 6. The Morgan fingerprint density at radius 1 is 1.12 bits per heavy atom. The second-order valence-electron chi connectivity index (χ2n) is 6.46. The van der Waals surface area contributed by atoms with E-state index >= 15 is 0 Å². The molecule has 1 unspecified atom stereocenters. The zero-order valence-corrected chi connectivity index (χ0v) is 15.6. The van der Waals surface area contributed by atoms with Crippen molar-refractivity contribution in [1.82, 2.24) is 24.5 Å². The summed E-state index contributed by atoms with van der Waals surface area (Å²) in [6.07, 6.45) is 13.8. The van der Waals surface area contributed by atoms with E-state index in [4.69, 9.17) is 0 Å². The SMILES string of the molecule is CSc1nccc(N2CCCC(c3nccn3Cc3ccncc3)C2)n1. The molecule has 1 fully saturated rings. The van der Waals surface area contributed by atoms with Gasteiger partial charge in [0.25, 0.3) is 0 Å². The highest BCUT2D eigenvalue weighted by molar-refractivity contribution is 7.98. The molecule has 1 aliphatic heterocycles. The molecule has 6 nitrogen and oxygen atoms in total. The van der Waals surface area contributed by atoms with Crippen LogP contribution in [-0.2, 0) is 6.54 Å². The van der Waals surface area contributed by atoms with Gasteiger partial charge >= 0.3 is 0 Å². The largest absolute Gasteiger partial charge is 0.356 e. The van der Waals surface area contributed by atoms with Crippen molar-refractivity contribution in [2.24, 2.45) is 0 Å². The van der Waals surface area contributed by atoms with Crippen molar-refractivity contribution in [1.29, 1.82) is 0 Å². The predicted molar refractivity (Wildman–Crippen MR) is 104 cm³/mol. The normalized spacial score (nSPS) is 17.4. The van der Waals surface area contributed by atoms with Crippen molar-refractivity contribution in [3.05, 3.63) is 60.6 Å². The predicted octanol–water partition coefficient (Wildman–Crippen LogP) is 3.22. The summed E-state index contributed by atoms with van der Waals surface area (Å²) >= 11 is 1.58. The van der Waals surface area contributed by atoms with Gasteiger partial charge in [-0.1, -0.05) is 11.8 Å². The van der Waals surface area contributed by atoms with Crippen LogP contribution in [0.4, 0.5) is 5.82 Å². The van der Waals surface area contributed by atoms with Gasteiger partial charge in [0.1, 0.15) is 11.6 Å². The molecule has 0 N–H and O–H groups in total. The molecule has 26 heavy (non-hydrogen) atoms. The number of imidazole rings is 1. The van der Waals surface area contributed by atoms with Crippen LogP contribution >= 0.6 is 11.8 Å². The van der Waals surface area contributed by atoms with E-state index in [1.807, 2.05) is 37.1 Å². The van der Waals surface area contributed by atoms with Gasteiger partial charge in [-0.2, -0.15) is 0 Å². The molecule has 4 rings (SSSR count). The third kappa shape index (κ3) is 3.72. The van der Waals surface area contributed by atoms with Crippen molar-refractivity contribution >= 4 is 17.6 Å². The fraction of sp³-hybridized carbons (Fsp3) is 0.368. The van der Waals surface area contributed by atoms with Gasteiger partial charge in [-0.25, -0.2) is 15.0 Å². The molecule has 3 aromatic heterocycles. The molecule has 4 heterocycles. The minimum Gasteiger partial charge on any atom is -0.356 e. The van der Waals surface area contributed by atoms with Crippen molar-refractivity contribution in [2.75, 3.05) is 24.2 Å². The van der Waals surface area contributed by atoms with E-state index in [1.54, 1.807) is 11.8 Å². The van der Waals surface area contributed by atoms with Gasteiger partial charge in [-0.15, -0.1) is 0 Å². The third-order valence-corrected chi connectivity index (χ3v) is 5.32. The van der Waals surface area contributed by atoms with Crippen LogP contribution in [0.3, 0.4) is 0 Å². The molecule has 1 saturated heterocycles. The Labute approximate surface area is 157 Å².